The van der Waals surface area contributed by atoms with Gasteiger partial charge in [0, 0.05) is 10.9 Å². The molecule has 1 aromatic rings. The monoisotopic (exact) mass is 217 g/mol. The predicted molar refractivity (Wildman–Crippen MR) is 55.8 cm³/mol. The van der Waals surface area contributed by atoms with E-state index in [0.29, 0.717) is 0 Å². The average Bonchev–Trinajstić information content (AvgIpc) is 2.15. The Balaban J connectivity index is 2.55. The van der Waals surface area contributed by atoms with Gasteiger partial charge >= 0.3 is 0 Å². The molecule has 14 heavy (non-hydrogen) atoms. The van der Waals surface area contributed by atoms with Gasteiger partial charge in [0.05, 0.1) is 5.75 Å². The number of hydrogen-bond donors (Lipinski definition) is 1. The summed E-state index contributed by atoms with van der Waals surface area (Å²) in [5, 5.41) is 0. The van der Waals surface area contributed by atoms with E-state index in [1.165, 1.54) is 0 Å². The lowest BCUT2D eigenvalue weighted by Gasteiger charge is -2.06. The lowest BCUT2D eigenvalue weighted by molar-refractivity contribution is 0.177. The summed E-state index contributed by atoms with van der Waals surface area (Å²) in [5.41, 5.74) is 6.68. The second-order valence-electron chi connectivity index (χ2n) is 3.06. The highest BCUT2D eigenvalue weighted by molar-refractivity contribution is 7.99. The first-order chi connectivity index (χ1) is 6.59. The predicted octanol–water partition coefficient (Wildman–Crippen LogP) is 3.06. The molecular formula is C10H13F2NS. The van der Waals surface area contributed by atoms with Crippen LogP contribution in [0.4, 0.5) is 8.78 Å². The largest absolute Gasteiger partial charge is 0.324 e. The van der Waals surface area contributed by atoms with E-state index < -0.39 is 6.43 Å². The van der Waals surface area contributed by atoms with Gasteiger partial charge < -0.3 is 5.73 Å². The summed E-state index contributed by atoms with van der Waals surface area (Å²) in [4.78, 5) is 0.856. The molecule has 0 aliphatic heterocycles. The Hall–Kier alpha value is -0.610. The number of halogens is 2. The van der Waals surface area contributed by atoms with Gasteiger partial charge in [0.1, 0.15) is 0 Å². The van der Waals surface area contributed by atoms with Crippen LogP contribution in [0.2, 0.25) is 0 Å². The van der Waals surface area contributed by atoms with E-state index in [-0.39, 0.29) is 11.8 Å². The van der Waals surface area contributed by atoms with Crippen molar-refractivity contribution in [3.8, 4) is 0 Å². The van der Waals surface area contributed by atoms with Gasteiger partial charge in [0.25, 0.3) is 0 Å². The molecular weight excluding hydrogens is 204 g/mol. The molecule has 0 aliphatic carbocycles. The summed E-state index contributed by atoms with van der Waals surface area (Å²) in [6, 6.07) is 7.39. The summed E-state index contributed by atoms with van der Waals surface area (Å²) in [6.45, 7) is 1.89. The first-order valence-electron chi connectivity index (χ1n) is 4.36. The molecule has 0 saturated carbocycles. The van der Waals surface area contributed by atoms with Crippen molar-refractivity contribution in [1.82, 2.24) is 0 Å². The molecule has 0 bridgehead atoms. The van der Waals surface area contributed by atoms with Crippen molar-refractivity contribution in [3.63, 3.8) is 0 Å². The first kappa shape index (κ1) is 11.5. The SMILES string of the molecule is CC(N)c1ccc(SCC(F)F)cc1. The zero-order valence-corrected chi connectivity index (χ0v) is 8.73. The van der Waals surface area contributed by atoms with Gasteiger partial charge in [0.15, 0.2) is 0 Å². The van der Waals surface area contributed by atoms with Gasteiger partial charge in [-0.2, -0.15) is 0 Å². The molecule has 0 aromatic heterocycles. The maximum atomic E-state index is 11.9. The van der Waals surface area contributed by atoms with Crippen molar-refractivity contribution >= 4 is 11.8 Å². The minimum Gasteiger partial charge on any atom is -0.324 e. The van der Waals surface area contributed by atoms with Crippen molar-refractivity contribution in [1.29, 1.82) is 0 Å². The molecule has 0 spiro atoms. The smallest absolute Gasteiger partial charge is 0.247 e. The van der Waals surface area contributed by atoms with Gasteiger partial charge in [-0.15, -0.1) is 11.8 Å². The second kappa shape index (κ2) is 5.32. The van der Waals surface area contributed by atoms with Crippen LogP contribution in [0.1, 0.15) is 18.5 Å². The van der Waals surface area contributed by atoms with E-state index in [1.54, 1.807) is 0 Å². The highest BCUT2D eigenvalue weighted by atomic mass is 32.2. The van der Waals surface area contributed by atoms with E-state index in [9.17, 15) is 8.78 Å². The van der Waals surface area contributed by atoms with Gasteiger partial charge in [-0.05, 0) is 24.6 Å². The Morgan fingerprint density at radius 1 is 1.29 bits per heavy atom. The third kappa shape index (κ3) is 3.64. The van der Waals surface area contributed by atoms with Crippen LogP contribution in [0.5, 0.6) is 0 Å². The lowest BCUT2D eigenvalue weighted by Crippen LogP contribution is -2.04. The summed E-state index contributed by atoms with van der Waals surface area (Å²) in [5.74, 6) is -0.155. The molecule has 0 saturated heterocycles. The van der Waals surface area contributed by atoms with Crippen molar-refractivity contribution < 1.29 is 8.78 Å². The molecule has 0 radical (unpaired) electrons. The van der Waals surface area contributed by atoms with E-state index in [1.807, 2.05) is 31.2 Å². The summed E-state index contributed by atoms with van der Waals surface area (Å²) >= 11 is 1.16. The first-order valence-corrected chi connectivity index (χ1v) is 5.34. The Bertz CT molecular complexity index is 272. The van der Waals surface area contributed by atoms with Crippen molar-refractivity contribution in [2.75, 3.05) is 5.75 Å². The molecule has 1 nitrogen and oxygen atoms in total. The highest BCUT2D eigenvalue weighted by Gasteiger charge is 2.04. The zero-order valence-electron chi connectivity index (χ0n) is 7.91. The maximum Gasteiger partial charge on any atom is 0.247 e. The number of hydrogen-bond acceptors (Lipinski definition) is 2. The third-order valence-corrected chi connectivity index (χ3v) is 2.81. The van der Waals surface area contributed by atoms with Crippen LogP contribution >= 0.6 is 11.8 Å². The number of alkyl halides is 2. The van der Waals surface area contributed by atoms with Gasteiger partial charge in [0.2, 0.25) is 6.43 Å². The minimum absolute atomic E-state index is 0.0100. The highest BCUT2D eigenvalue weighted by Crippen LogP contribution is 2.21. The fourth-order valence-corrected chi connectivity index (χ4v) is 1.67. The standard InChI is InChI=1S/C10H13F2NS/c1-7(13)8-2-4-9(5-3-8)14-6-10(11)12/h2-5,7,10H,6,13H2,1H3. The van der Waals surface area contributed by atoms with Gasteiger partial charge in [-0.3, -0.25) is 0 Å². The molecule has 78 valence electrons. The molecule has 2 N–H and O–H groups in total. The van der Waals surface area contributed by atoms with Crippen LogP contribution in [0.15, 0.2) is 29.2 Å². The Morgan fingerprint density at radius 3 is 2.29 bits per heavy atom. The van der Waals surface area contributed by atoms with Crippen LogP contribution in [0, 0.1) is 0 Å². The number of benzene rings is 1. The molecule has 4 heteroatoms. The van der Waals surface area contributed by atoms with Crippen LogP contribution in [-0.4, -0.2) is 12.2 Å². The molecule has 0 aliphatic rings. The zero-order chi connectivity index (χ0) is 10.6. The summed E-state index contributed by atoms with van der Waals surface area (Å²) in [6.07, 6.45) is -2.26. The quantitative estimate of drug-likeness (QED) is 0.784. The Labute approximate surface area is 86.7 Å². The third-order valence-electron chi connectivity index (χ3n) is 1.78. The molecule has 1 unspecified atom stereocenters. The fourth-order valence-electron chi connectivity index (χ4n) is 1.03. The van der Waals surface area contributed by atoms with Crippen molar-refractivity contribution in [3.05, 3.63) is 29.8 Å². The van der Waals surface area contributed by atoms with Gasteiger partial charge in [-0.1, -0.05) is 12.1 Å². The van der Waals surface area contributed by atoms with Gasteiger partial charge in [-0.25, -0.2) is 8.78 Å². The van der Waals surface area contributed by atoms with Crippen LogP contribution in [0.3, 0.4) is 0 Å². The fraction of sp³-hybridized carbons (Fsp3) is 0.400. The lowest BCUT2D eigenvalue weighted by atomic mass is 10.1. The molecule has 1 atom stereocenters. The maximum absolute atomic E-state index is 11.9. The second-order valence-corrected chi connectivity index (χ2v) is 4.15. The number of thioether (sulfide) groups is 1. The topological polar surface area (TPSA) is 26.0 Å². The number of rotatable bonds is 4. The van der Waals surface area contributed by atoms with Crippen LogP contribution < -0.4 is 5.73 Å². The average molecular weight is 217 g/mol. The van der Waals surface area contributed by atoms with E-state index in [4.69, 9.17) is 5.73 Å². The van der Waals surface area contributed by atoms with Crippen molar-refractivity contribution in [2.24, 2.45) is 5.73 Å². The van der Waals surface area contributed by atoms with E-state index in [2.05, 4.69) is 0 Å². The van der Waals surface area contributed by atoms with Crippen LogP contribution in [-0.2, 0) is 0 Å². The van der Waals surface area contributed by atoms with Crippen LogP contribution in [0.25, 0.3) is 0 Å². The summed E-state index contributed by atoms with van der Waals surface area (Å²) < 4.78 is 23.8. The Morgan fingerprint density at radius 2 is 1.86 bits per heavy atom. The summed E-state index contributed by atoms with van der Waals surface area (Å²) in [7, 11) is 0. The molecule has 1 aromatic carbocycles. The minimum atomic E-state index is -2.26. The van der Waals surface area contributed by atoms with Crippen molar-refractivity contribution in [2.45, 2.75) is 24.3 Å². The molecule has 0 heterocycles. The van der Waals surface area contributed by atoms with E-state index in [0.717, 1.165) is 22.2 Å². The Kier molecular flexibility index (Phi) is 4.35. The van der Waals surface area contributed by atoms with E-state index >= 15 is 0 Å². The molecule has 1 rings (SSSR count). The molecule has 0 fully saturated rings. The normalized spacial score (nSPS) is 13.2. The number of nitrogens with two attached hydrogens (primary N) is 1. The molecule has 0 amide bonds.